The normalized spacial score (nSPS) is 22.2. The maximum atomic E-state index is 11.9. The minimum Gasteiger partial charge on any atom is -0.481 e. The Hall–Kier alpha value is -1.10. The van der Waals surface area contributed by atoms with Crippen LogP contribution in [0.4, 0.5) is 0 Å². The molecule has 2 atom stereocenters. The Balaban J connectivity index is 2.38. The van der Waals surface area contributed by atoms with Gasteiger partial charge >= 0.3 is 5.97 Å². The number of carbonyl (C=O) groups is 2. The molecule has 1 aliphatic rings. The van der Waals surface area contributed by atoms with Crippen molar-refractivity contribution in [2.45, 2.75) is 32.6 Å². The third-order valence-electron chi connectivity index (χ3n) is 3.18. The van der Waals surface area contributed by atoms with E-state index in [0.29, 0.717) is 6.54 Å². The highest BCUT2D eigenvalue weighted by molar-refractivity contribution is 5.77. The molecule has 0 spiro atoms. The molecule has 2 N–H and O–H groups in total. The van der Waals surface area contributed by atoms with Gasteiger partial charge in [0.2, 0.25) is 5.91 Å². The maximum absolute atomic E-state index is 11.9. The second-order valence-electron chi connectivity index (χ2n) is 4.94. The SMILES string of the molecule is CC(CC(=O)O)CC(=O)N1CCCC(CO)C1. The van der Waals surface area contributed by atoms with Gasteiger partial charge in [-0.2, -0.15) is 0 Å². The summed E-state index contributed by atoms with van der Waals surface area (Å²) in [7, 11) is 0. The summed E-state index contributed by atoms with van der Waals surface area (Å²) in [5, 5.41) is 17.7. The number of carboxylic acid groups (broad SMARTS) is 1. The summed E-state index contributed by atoms with van der Waals surface area (Å²) in [6, 6.07) is 0. The molecule has 1 heterocycles. The van der Waals surface area contributed by atoms with Crippen molar-refractivity contribution in [2.24, 2.45) is 11.8 Å². The highest BCUT2D eigenvalue weighted by Gasteiger charge is 2.24. The van der Waals surface area contributed by atoms with Gasteiger partial charge in [-0.3, -0.25) is 9.59 Å². The third-order valence-corrected chi connectivity index (χ3v) is 3.18. The van der Waals surface area contributed by atoms with Crippen molar-refractivity contribution in [1.29, 1.82) is 0 Å². The van der Waals surface area contributed by atoms with E-state index >= 15 is 0 Å². The van der Waals surface area contributed by atoms with Crippen molar-refractivity contribution in [1.82, 2.24) is 4.90 Å². The number of carbonyl (C=O) groups excluding carboxylic acids is 1. The quantitative estimate of drug-likeness (QED) is 0.745. The van der Waals surface area contributed by atoms with Crippen LogP contribution < -0.4 is 0 Å². The van der Waals surface area contributed by atoms with Gasteiger partial charge < -0.3 is 15.1 Å². The lowest BCUT2D eigenvalue weighted by molar-refractivity contribution is -0.139. The number of aliphatic hydroxyl groups excluding tert-OH is 1. The number of rotatable bonds is 5. The third kappa shape index (κ3) is 4.73. The van der Waals surface area contributed by atoms with Crippen LogP contribution in [0.3, 0.4) is 0 Å². The maximum Gasteiger partial charge on any atom is 0.303 e. The Morgan fingerprint density at radius 1 is 1.41 bits per heavy atom. The summed E-state index contributed by atoms with van der Waals surface area (Å²) in [6.07, 6.45) is 2.20. The summed E-state index contributed by atoms with van der Waals surface area (Å²) in [5.41, 5.74) is 0. The lowest BCUT2D eigenvalue weighted by atomic mass is 9.97. The van der Waals surface area contributed by atoms with Gasteiger partial charge in [0.15, 0.2) is 0 Å². The van der Waals surface area contributed by atoms with E-state index in [1.54, 1.807) is 11.8 Å². The van der Waals surface area contributed by atoms with Gasteiger partial charge in [0.25, 0.3) is 0 Å². The van der Waals surface area contributed by atoms with E-state index in [2.05, 4.69) is 0 Å². The van der Waals surface area contributed by atoms with Crippen LogP contribution in [0.15, 0.2) is 0 Å². The summed E-state index contributed by atoms with van der Waals surface area (Å²) in [4.78, 5) is 24.2. The molecule has 0 aromatic heterocycles. The van der Waals surface area contributed by atoms with Gasteiger partial charge in [0.05, 0.1) is 0 Å². The van der Waals surface area contributed by atoms with Gasteiger partial charge in [0, 0.05) is 32.5 Å². The fourth-order valence-corrected chi connectivity index (χ4v) is 2.24. The number of amides is 1. The van der Waals surface area contributed by atoms with E-state index in [1.165, 1.54) is 0 Å². The topological polar surface area (TPSA) is 77.8 Å². The number of hydrogen-bond donors (Lipinski definition) is 2. The molecule has 0 saturated carbocycles. The van der Waals surface area contributed by atoms with Crippen LogP contribution in [0.25, 0.3) is 0 Å². The van der Waals surface area contributed by atoms with Gasteiger partial charge in [-0.1, -0.05) is 6.92 Å². The lowest BCUT2D eigenvalue weighted by Crippen LogP contribution is -2.41. The van der Waals surface area contributed by atoms with E-state index in [4.69, 9.17) is 10.2 Å². The smallest absolute Gasteiger partial charge is 0.303 e. The molecular weight excluding hydrogens is 222 g/mol. The van der Waals surface area contributed by atoms with Crippen molar-refractivity contribution >= 4 is 11.9 Å². The van der Waals surface area contributed by atoms with Crippen molar-refractivity contribution in [3.05, 3.63) is 0 Å². The van der Waals surface area contributed by atoms with Crippen molar-refractivity contribution in [3.63, 3.8) is 0 Å². The Morgan fingerprint density at radius 3 is 2.71 bits per heavy atom. The number of aliphatic carboxylic acids is 1. The molecule has 0 aromatic carbocycles. The molecule has 0 aromatic rings. The van der Waals surface area contributed by atoms with Gasteiger partial charge in [-0.05, 0) is 24.7 Å². The molecule has 17 heavy (non-hydrogen) atoms. The van der Waals surface area contributed by atoms with Crippen LogP contribution in [-0.2, 0) is 9.59 Å². The fraction of sp³-hybridized carbons (Fsp3) is 0.833. The molecule has 1 amide bonds. The van der Waals surface area contributed by atoms with E-state index < -0.39 is 5.97 Å². The highest BCUT2D eigenvalue weighted by atomic mass is 16.4. The zero-order chi connectivity index (χ0) is 12.8. The first-order valence-corrected chi connectivity index (χ1v) is 6.13. The first kappa shape index (κ1) is 14.0. The summed E-state index contributed by atoms with van der Waals surface area (Å²) >= 11 is 0. The zero-order valence-electron chi connectivity index (χ0n) is 10.3. The van der Waals surface area contributed by atoms with Crippen LogP contribution in [0.2, 0.25) is 0 Å². The summed E-state index contributed by atoms with van der Waals surface area (Å²) in [5.74, 6) is -0.800. The first-order valence-electron chi connectivity index (χ1n) is 6.13. The molecule has 0 aliphatic carbocycles. The molecule has 1 rings (SSSR count). The van der Waals surface area contributed by atoms with Gasteiger partial charge in [-0.25, -0.2) is 0 Å². The molecule has 1 fully saturated rings. The van der Waals surface area contributed by atoms with Gasteiger partial charge in [0.1, 0.15) is 0 Å². The summed E-state index contributed by atoms with van der Waals surface area (Å²) in [6.45, 7) is 3.23. The van der Waals surface area contributed by atoms with E-state index in [1.807, 2.05) is 0 Å². The van der Waals surface area contributed by atoms with Crippen LogP contribution in [0, 0.1) is 11.8 Å². The number of nitrogens with zero attached hydrogens (tertiary/aromatic N) is 1. The predicted molar refractivity (Wildman–Crippen MR) is 62.4 cm³/mol. The number of piperidine rings is 1. The number of hydrogen-bond acceptors (Lipinski definition) is 3. The zero-order valence-corrected chi connectivity index (χ0v) is 10.3. The van der Waals surface area contributed by atoms with Crippen LogP contribution in [0.5, 0.6) is 0 Å². The van der Waals surface area contributed by atoms with Crippen molar-refractivity contribution < 1.29 is 19.8 Å². The van der Waals surface area contributed by atoms with Crippen LogP contribution in [0.1, 0.15) is 32.6 Å². The Kier molecular flexibility index (Phi) is 5.41. The second kappa shape index (κ2) is 6.59. The molecule has 1 saturated heterocycles. The van der Waals surface area contributed by atoms with Crippen LogP contribution >= 0.6 is 0 Å². The largest absolute Gasteiger partial charge is 0.481 e. The fourth-order valence-electron chi connectivity index (χ4n) is 2.24. The van der Waals surface area contributed by atoms with Crippen LogP contribution in [-0.4, -0.2) is 46.7 Å². The molecule has 98 valence electrons. The minimum absolute atomic E-state index is 0.0110. The standard InChI is InChI=1S/C12H21NO4/c1-9(6-12(16)17)5-11(15)13-4-2-3-10(7-13)8-14/h9-10,14H,2-8H2,1H3,(H,16,17). The van der Waals surface area contributed by atoms with Crippen molar-refractivity contribution in [3.8, 4) is 0 Å². The molecule has 1 aliphatic heterocycles. The van der Waals surface area contributed by atoms with Crippen molar-refractivity contribution in [2.75, 3.05) is 19.7 Å². The average Bonchev–Trinajstić information content (AvgIpc) is 2.27. The Bertz CT molecular complexity index is 280. The Labute approximate surface area is 101 Å². The van der Waals surface area contributed by atoms with E-state index in [0.717, 1.165) is 19.4 Å². The average molecular weight is 243 g/mol. The monoisotopic (exact) mass is 243 g/mol. The number of likely N-dealkylation sites (tertiary alicyclic amines) is 1. The lowest BCUT2D eigenvalue weighted by Gasteiger charge is -2.32. The second-order valence-corrected chi connectivity index (χ2v) is 4.94. The van der Waals surface area contributed by atoms with E-state index in [9.17, 15) is 9.59 Å². The van der Waals surface area contributed by atoms with E-state index in [-0.39, 0.29) is 37.2 Å². The predicted octanol–water partition coefficient (Wildman–Crippen LogP) is 0.718. The molecule has 0 bridgehead atoms. The minimum atomic E-state index is -0.864. The molecule has 5 nitrogen and oxygen atoms in total. The first-order chi connectivity index (χ1) is 8.02. The number of aliphatic hydroxyl groups is 1. The highest BCUT2D eigenvalue weighted by Crippen LogP contribution is 2.18. The molecule has 5 heteroatoms. The molecule has 0 radical (unpaired) electrons. The van der Waals surface area contributed by atoms with Gasteiger partial charge in [-0.15, -0.1) is 0 Å². The molecular formula is C12H21NO4. The molecule has 2 unspecified atom stereocenters. The Morgan fingerprint density at radius 2 is 2.12 bits per heavy atom. The number of carboxylic acids is 1. The summed E-state index contributed by atoms with van der Waals surface area (Å²) < 4.78 is 0.